The molecule has 1 aliphatic heterocycles. The third-order valence-corrected chi connectivity index (χ3v) is 2.96. The number of nitrogens with zero attached hydrogens (tertiary/aromatic N) is 3. The molecule has 0 spiro atoms. The van der Waals surface area contributed by atoms with Crippen LogP contribution in [0.15, 0.2) is 6.20 Å². The zero-order chi connectivity index (χ0) is 10.8. The quantitative estimate of drug-likeness (QED) is 0.737. The van der Waals surface area contributed by atoms with Crippen LogP contribution in [0.25, 0.3) is 0 Å². The Balaban J connectivity index is 2.18. The van der Waals surface area contributed by atoms with Gasteiger partial charge in [0.05, 0.1) is 6.10 Å². The number of aliphatic hydroxyl groups is 1. The molecule has 15 heavy (non-hydrogen) atoms. The Morgan fingerprint density at radius 3 is 3.07 bits per heavy atom. The summed E-state index contributed by atoms with van der Waals surface area (Å²) in [6.07, 6.45) is 3.26. The maximum absolute atomic E-state index is 9.53. The summed E-state index contributed by atoms with van der Waals surface area (Å²) < 4.78 is 0. The van der Waals surface area contributed by atoms with E-state index in [1.807, 2.05) is 11.8 Å². The molecule has 4 nitrogen and oxygen atoms in total. The van der Waals surface area contributed by atoms with Crippen LogP contribution < -0.4 is 4.90 Å². The zero-order valence-corrected chi connectivity index (χ0v) is 9.41. The Morgan fingerprint density at radius 2 is 2.40 bits per heavy atom. The molecule has 0 amide bonds. The number of piperidine rings is 1. The van der Waals surface area contributed by atoms with E-state index in [2.05, 4.69) is 9.97 Å². The van der Waals surface area contributed by atoms with Gasteiger partial charge >= 0.3 is 0 Å². The van der Waals surface area contributed by atoms with Gasteiger partial charge in [0.15, 0.2) is 0 Å². The number of halogens is 1. The number of aliphatic hydroxyl groups excluding tert-OH is 1. The highest BCUT2D eigenvalue weighted by atomic mass is 35.5. The van der Waals surface area contributed by atoms with E-state index in [0.29, 0.717) is 17.6 Å². The minimum atomic E-state index is -0.276. The maximum atomic E-state index is 9.53. The minimum absolute atomic E-state index is 0.276. The first-order valence-electron chi connectivity index (χ1n) is 5.09. The summed E-state index contributed by atoms with van der Waals surface area (Å²) >= 11 is 5.93. The predicted molar refractivity (Wildman–Crippen MR) is 59.2 cm³/mol. The van der Waals surface area contributed by atoms with Gasteiger partial charge in [0.1, 0.15) is 5.15 Å². The van der Waals surface area contributed by atoms with E-state index in [1.54, 1.807) is 6.20 Å². The number of hydrogen-bond donors (Lipinski definition) is 1. The van der Waals surface area contributed by atoms with Crippen LogP contribution in [0.4, 0.5) is 5.95 Å². The molecule has 0 saturated carbocycles. The van der Waals surface area contributed by atoms with Gasteiger partial charge in [-0.3, -0.25) is 0 Å². The van der Waals surface area contributed by atoms with Crippen molar-refractivity contribution in [2.45, 2.75) is 25.9 Å². The lowest BCUT2D eigenvalue weighted by Gasteiger charge is -2.30. The maximum Gasteiger partial charge on any atom is 0.226 e. The smallest absolute Gasteiger partial charge is 0.226 e. The molecule has 1 saturated heterocycles. The molecular weight excluding hydrogens is 214 g/mol. The molecule has 0 aliphatic carbocycles. The summed E-state index contributed by atoms with van der Waals surface area (Å²) in [5.41, 5.74) is 0.873. The summed E-state index contributed by atoms with van der Waals surface area (Å²) in [7, 11) is 0. The molecule has 1 fully saturated rings. The van der Waals surface area contributed by atoms with Crippen molar-refractivity contribution in [2.24, 2.45) is 0 Å². The largest absolute Gasteiger partial charge is 0.391 e. The SMILES string of the molecule is Cc1cnc(N2CCC[C@@H](O)C2)nc1Cl. The summed E-state index contributed by atoms with van der Waals surface area (Å²) in [4.78, 5) is 10.4. The van der Waals surface area contributed by atoms with E-state index < -0.39 is 0 Å². The zero-order valence-electron chi connectivity index (χ0n) is 8.65. The molecule has 0 unspecified atom stereocenters. The highest BCUT2D eigenvalue weighted by molar-refractivity contribution is 6.30. The van der Waals surface area contributed by atoms with E-state index >= 15 is 0 Å². The van der Waals surface area contributed by atoms with E-state index in [1.165, 1.54) is 0 Å². The van der Waals surface area contributed by atoms with Crippen molar-refractivity contribution in [1.29, 1.82) is 0 Å². The van der Waals surface area contributed by atoms with Crippen molar-refractivity contribution >= 4 is 17.5 Å². The number of hydrogen-bond acceptors (Lipinski definition) is 4. The molecule has 1 aromatic rings. The summed E-state index contributed by atoms with van der Waals surface area (Å²) in [6.45, 7) is 3.35. The summed E-state index contributed by atoms with van der Waals surface area (Å²) in [6, 6.07) is 0. The molecule has 1 aromatic heterocycles. The molecule has 1 aliphatic rings. The van der Waals surface area contributed by atoms with Crippen molar-refractivity contribution in [3.05, 3.63) is 16.9 Å². The number of anilines is 1. The monoisotopic (exact) mass is 227 g/mol. The second-order valence-corrected chi connectivity index (χ2v) is 4.24. The van der Waals surface area contributed by atoms with Gasteiger partial charge in [0.25, 0.3) is 0 Å². The van der Waals surface area contributed by atoms with Crippen molar-refractivity contribution < 1.29 is 5.11 Å². The minimum Gasteiger partial charge on any atom is -0.391 e. The van der Waals surface area contributed by atoms with Crippen LogP contribution in [0, 0.1) is 6.92 Å². The average Bonchev–Trinajstić information content (AvgIpc) is 2.22. The lowest BCUT2D eigenvalue weighted by Crippen LogP contribution is -2.39. The van der Waals surface area contributed by atoms with Crippen molar-refractivity contribution in [3.8, 4) is 0 Å². The second kappa shape index (κ2) is 4.33. The highest BCUT2D eigenvalue weighted by Gasteiger charge is 2.20. The molecular formula is C10H14ClN3O. The molecule has 0 radical (unpaired) electrons. The first-order valence-corrected chi connectivity index (χ1v) is 5.47. The fraction of sp³-hybridized carbons (Fsp3) is 0.600. The molecule has 1 atom stereocenters. The first kappa shape index (κ1) is 10.6. The highest BCUT2D eigenvalue weighted by Crippen LogP contribution is 2.19. The van der Waals surface area contributed by atoms with Gasteiger partial charge in [-0.1, -0.05) is 11.6 Å². The van der Waals surface area contributed by atoms with Crippen LogP contribution in [0.3, 0.4) is 0 Å². The van der Waals surface area contributed by atoms with Crippen molar-refractivity contribution in [2.75, 3.05) is 18.0 Å². The van der Waals surface area contributed by atoms with Gasteiger partial charge in [-0.2, -0.15) is 0 Å². The van der Waals surface area contributed by atoms with Gasteiger partial charge < -0.3 is 10.0 Å². The molecule has 5 heteroatoms. The van der Waals surface area contributed by atoms with Crippen molar-refractivity contribution in [1.82, 2.24) is 9.97 Å². The van der Waals surface area contributed by atoms with Crippen LogP contribution in [0.2, 0.25) is 5.15 Å². The van der Waals surface area contributed by atoms with Gasteiger partial charge in [-0.05, 0) is 19.8 Å². The van der Waals surface area contributed by atoms with E-state index in [4.69, 9.17) is 11.6 Å². The van der Waals surface area contributed by atoms with Gasteiger partial charge in [0.2, 0.25) is 5.95 Å². The van der Waals surface area contributed by atoms with Crippen LogP contribution in [0.5, 0.6) is 0 Å². The topological polar surface area (TPSA) is 49.2 Å². The Bertz CT molecular complexity index is 359. The molecule has 82 valence electrons. The van der Waals surface area contributed by atoms with Gasteiger partial charge in [0, 0.05) is 24.8 Å². The Kier molecular flexibility index (Phi) is 3.07. The molecule has 1 N–H and O–H groups in total. The lowest BCUT2D eigenvalue weighted by molar-refractivity contribution is 0.153. The number of aromatic nitrogens is 2. The average molecular weight is 228 g/mol. The van der Waals surface area contributed by atoms with Gasteiger partial charge in [-0.25, -0.2) is 9.97 Å². The van der Waals surface area contributed by atoms with Gasteiger partial charge in [-0.15, -0.1) is 0 Å². The van der Waals surface area contributed by atoms with Crippen LogP contribution in [-0.2, 0) is 0 Å². The van der Waals surface area contributed by atoms with Crippen LogP contribution in [0.1, 0.15) is 18.4 Å². The van der Waals surface area contributed by atoms with Crippen LogP contribution in [-0.4, -0.2) is 34.3 Å². The number of rotatable bonds is 1. The van der Waals surface area contributed by atoms with E-state index in [0.717, 1.165) is 24.9 Å². The van der Waals surface area contributed by atoms with E-state index in [-0.39, 0.29) is 6.10 Å². The molecule has 2 rings (SSSR count). The fourth-order valence-electron chi connectivity index (χ4n) is 1.70. The second-order valence-electron chi connectivity index (χ2n) is 3.89. The summed E-state index contributed by atoms with van der Waals surface area (Å²) in [5.74, 6) is 0.615. The lowest BCUT2D eigenvalue weighted by atomic mass is 10.1. The normalized spacial score (nSPS) is 21.8. The third-order valence-electron chi connectivity index (χ3n) is 2.58. The molecule has 0 bridgehead atoms. The molecule has 0 aromatic carbocycles. The number of aryl methyl sites for hydroxylation is 1. The van der Waals surface area contributed by atoms with E-state index in [9.17, 15) is 5.11 Å². The molecule has 2 heterocycles. The van der Waals surface area contributed by atoms with Crippen molar-refractivity contribution in [3.63, 3.8) is 0 Å². The third kappa shape index (κ3) is 2.38. The first-order chi connectivity index (χ1) is 7.16. The Morgan fingerprint density at radius 1 is 1.60 bits per heavy atom. The number of β-amino-alcohol motifs (C(OH)–C–C–N with tert-alkyl or cyclic N) is 1. The fourth-order valence-corrected chi connectivity index (χ4v) is 1.83. The summed E-state index contributed by atoms with van der Waals surface area (Å²) in [5, 5.41) is 10.0. The van der Waals surface area contributed by atoms with Crippen LogP contribution >= 0.6 is 11.6 Å². The Hall–Kier alpha value is -0.870. The standard InChI is InChI=1S/C10H14ClN3O/c1-7-5-12-10(13-9(7)11)14-4-2-3-8(15)6-14/h5,8,15H,2-4,6H2,1H3/t8-/m1/s1. The Labute approximate surface area is 93.9 Å². The predicted octanol–water partition coefficient (Wildman–Crippen LogP) is 1.40.